The Labute approximate surface area is 142 Å². The number of methoxy groups -OCH3 is 2. The minimum Gasteiger partial charge on any atom is -0.493 e. The average Bonchev–Trinajstić information content (AvgIpc) is 2.59. The standard InChI is InChI=1S/C18H26N2O4/c1-23-15-9-7-12(11-16(15)24-2)8-10-17(21)20-14-6-4-3-5-13(14)18(19)22/h7,9,11,13-14H,3-6,8,10H2,1-2H3,(H2,19,22)(H,20,21). The first-order valence-electron chi connectivity index (χ1n) is 8.34. The van der Waals surface area contributed by atoms with Gasteiger partial charge in [0.05, 0.1) is 20.1 Å². The van der Waals surface area contributed by atoms with Crippen molar-refractivity contribution in [1.82, 2.24) is 5.32 Å². The summed E-state index contributed by atoms with van der Waals surface area (Å²) in [6.45, 7) is 0. The second kappa shape index (κ2) is 8.57. The summed E-state index contributed by atoms with van der Waals surface area (Å²) in [6, 6.07) is 5.49. The SMILES string of the molecule is COc1ccc(CCC(=O)NC2CCCCC2C(N)=O)cc1OC. The number of rotatable bonds is 7. The predicted octanol–water partition coefficient (Wildman–Crippen LogP) is 1.80. The van der Waals surface area contributed by atoms with Crippen molar-refractivity contribution in [1.29, 1.82) is 0 Å². The molecule has 2 rings (SSSR count). The van der Waals surface area contributed by atoms with Crippen LogP contribution >= 0.6 is 0 Å². The van der Waals surface area contributed by atoms with Gasteiger partial charge in [0.25, 0.3) is 0 Å². The van der Waals surface area contributed by atoms with Gasteiger partial charge >= 0.3 is 0 Å². The Hall–Kier alpha value is -2.24. The van der Waals surface area contributed by atoms with Gasteiger partial charge in [-0.15, -0.1) is 0 Å². The Morgan fingerprint density at radius 3 is 2.54 bits per heavy atom. The number of benzene rings is 1. The lowest BCUT2D eigenvalue weighted by Crippen LogP contribution is -2.47. The zero-order valence-corrected chi connectivity index (χ0v) is 14.3. The molecule has 1 saturated carbocycles. The van der Waals surface area contributed by atoms with Crippen LogP contribution in [-0.2, 0) is 16.0 Å². The van der Waals surface area contributed by atoms with Crippen molar-refractivity contribution in [3.63, 3.8) is 0 Å². The van der Waals surface area contributed by atoms with E-state index in [2.05, 4.69) is 5.32 Å². The van der Waals surface area contributed by atoms with E-state index in [9.17, 15) is 9.59 Å². The van der Waals surface area contributed by atoms with Crippen LogP contribution in [0.3, 0.4) is 0 Å². The molecule has 0 saturated heterocycles. The van der Waals surface area contributed by atoms with Crippen molar-refractivity contribution in [2.24, 2.45) is 11.7 Å². The highest BCUT2D eigenvalue weighted by Crippen LogP contribution is 2.28. The molecular formula is C18H26N2O4. The summed E-state index contributed by atoms with van der Waals surface area (Å²) >= 11 is 0. The molecule has 1 aliphatic carbocycles. The van der Waals surface area contributed by atoms with Gasteiger partial charge in [-0.2, -0.15) is 0 Å². The van der Waals surface area contributed by atoms with Crippen molar-refractivity contribution in [2.45, 2.75) is 44.6 Å². The van der Waals surface area contributed by atoms with Crippen LogP contribution in [-0.4, -0.2) is 32.1 Å². The normalized spacial score (nSPS) is 20.2. The van der Waals surface area contributed by atoms with E-state index in [-0.39, 0.29) is 23.8 Å². The third-order valence-electron chi connectivity index (χ3n) is 4.57. The van der Waals surface area contributed by atoms with E-state index >= 15 is 0 Å². The topological polar surface area (TPSA) is 90.6 Å². The third kappa shape index (κ3) is 4.63. The van der Waals surface area contributed by atoms with E-state index in [1.807, 2.05) is 18.2 Å². The molecule has 24 heavy (non-hydrogen) atoms. The Morgan fingerprint density at radius 2 is 1.88 bits per heavy atom. The van der Waals surface area contributed by atoms with Gasteiger partial charge in [0.1, 0.15) is 0 Å². The summed E-state index contributed by atoms with van der Waals surface area (Å²) in [5, 5.41) is 2.98. The highest BCUT2D eigenvalue weighted by atomic mass is 16.5. The molecule has 1 aromatic carbocycles. The molecule has 1 aliphatic rings. The van der Waals surface area contributed by atoms with E-state index in [0.29, 0.717) is 24.3 Å². The predicted molar refractivity (Wildman–Crippen MR) is 91.0 cm³/mol. The number of ether oxygens (including phenoxy) is 2. The van der Waals surface area contributed by atoms with E-state index in [0.717, 1.165) is 31.2 Å². The number of nitrogens with one attached hydrogen (secondary N) is 1. The van der Waals surface area contributed by atoms with Gasteiger partial charge in [-0.05, 0) is 37.0 Å². The number of primary amides is 1. The molecule has 1 fully saturated rings. The average molecular weight is 334 g/mol. The number of aryl methyl sites for hydroxylation is 1. The summed E-state index contributed by atoms with van der Waals surface area (Å²) in [5.41, 5.74) is 6.44. The zero-order valence-electron chi connectivity index (χ0n) is 14.3. The molecule has 6 heteroatoms. The quantitative estimate of drug-likeness (QED) is 0.795. The summed E-state index contributed by atoms with van der Waals surface area (Å²) < 4.78 is 10.5. The zero-order chi connectivity index (χ0) is 17.5. The third-order valence-corrected chi connectivity index (χ3v) is 4.57. The Bertz CT molecular complexity index is 588. The van der Waals surface area contributed by atoms with Crippen molar-refractivity contribution in [3.05, 3.63) is 23.8 Å². The molecule has 0 bridgehead atoms. The molecule has 0 radical (unpaired) electrons. The summed E-state index contributed by atoms with van der Waals surface area (Å²) in [6.07, 6.45) is 4.54. The Kier molecular flexibility index (Phi) is 6.46. The second-order valence-electron chi connectivity index (χ2n) is 6.16. The lowest BCUT2D eigenvalue weighted by Gasteiger charge is -2.30. The fourth-order valence-corrected chi connectivity index (χ4v) is 3.22. The van der Waals surface area contributed by atoms with Crippen LogP contribution in [0, 0.1) is 5.92 Å². The van der Waals surface area contributed by atoms with Gasteiger partial charge in [-0.25, -0.2) is 0 Å². The van der Waals surface area contributed by atoms with E-state index in [1.54, 1.807) is 14.2 Å². The summed E-state index contributed by atoms with van der Waals surface area (Å²) in [7, 11) is 3.17. The minimum atomic E-state index is -0.320. The highest BCUT2D eigenvalue weighted by molar-refractivity contribution is 5.80. The van der Waals surface area contributed by atoms with Crippen molar-refractivity contribution < 1.29 is 19.1 Å². The molecule has 0 aromatic heterocycles. The number of nitrogens with two attached hydrogens (primary N) is 1. The first-order valence-corrected chi connectivity index (χ1v) is 8.34. The van der Waals surface area contributed by atoms with E-state index < -0.39 is 0 Å². The fourth-order valence-electron chi connectivity index (χ4n) is 3.22. The number of amides is 2. The van der Waals surface area contributed by atoms with Crippen molar-refractivity contribution in [2.75, 3.05) is 14.2 Å². The van der Waals surface area contributed by atoms with Gasteiger partial charge in [-0.3, -0.25) is 9.59 Å². The van der Waals surface area contributed by atoms with Gasteiger partial charge in [0.2, 0.25) is 11.8 Å². The van der Waals surface area contributed by atoms with Gasteiger partial charge in [0, 0.05) is 12.5 Å². The van der Waals surface area contributed by atoms with Crippen LogP contribution in [0.4, 0.5) is 0 Å². The fraction of sp³-hybridized carbons (Fsp3) is 0.556. The number of hydrogen-bond acceptors (Lipinski definition) is 4. The molecule has 0 spiro atoms. The smallest absolute Gasteiger partial charge is 0.222 e. The van der Waals surface area contributed by atoms with Crippen LogP contribution in [0.5, 0.6) is 11.5 Å². The maximum absolute atomic E-state index is 12.2. The van der Waals surface area contributed by atoms with Crippen molar-refractivity contribution in [3.8, 4) is 11.5 Å². The Balaban J connectivity index is 1.89. The van der Waals surface area contributed by atoms with Crippen LogP contribution in [0.15, 0.2) is 18.2 Å². The van der Waals surface area contributed by atoms with Crippen LogP contribution in [0.1, 0.15) is 37.7 Å². The summed E-state index contributed by atoms with van der Waals surface area (Å²) in [5.74, 6) is 0.695. The molecule has 1 aromatic rings. The molecular weight excluding hydrogens is 308 g/mol. The highest BCUT2D eigenvalue weighted by Gasteiger charge is 2.30. The van der Waals surface area contributed by atoms with Gasteiger partial charge in [0.15, 0.2) is 11.5 Å². The molecule has 2 atom stereocenters. The lowest BCUT2D eigenvalue weighted by atomic mass is 9.84. The molecule has 3 N–H and O–H groups in total. The minimum absolute atomic E-state index is 0.0528. The van der Waals surface area contributed by atoms with E-state index in [4.69, 9.17) is 15.2 Å². The van der Waals surface area contributed by atoms with E-state index in [1.165, 1.54) is 0 Å². The lowest BCUT2D eigenvalue weighted by molar-refractivity contribution is -0.126. The van der Waals surface area contributed by atoms with Crippen molar-refractivity contribution >= 4 is 11.8 Å². The maximum Gasteiger partial charge on any atom is 0.222 e. The first-order chi connectivity index (χ1) is 11.5. The molecule has 132 valence electrons. The summed E-state index contributed by atoms with van der Waals surface area (Å²) in [4.78, 5) is 23.7. The Morgan fingerprint density at radius 1 is 1.17 bits per heavy atom. The second-order valence-corrected chi connectivity index (χ2v) is 6.16. The van der Waals surface area contributed by atoms with Gasteiger partial charge in [-0.1, -0.05) is 18.9 Å². The number of carbonyl (C=O) groups is 2. The van der Waals surface area contributed by atoms with Crippen LogP contribution in [0.25, 0.3) is 0 Å². The van der Waals surface area contributed by atoms with Crippen LogP contribution < -0.4 is 20.5 Å². The first kappa shape index (κ1) is 18.1. The molecule has 0 aliphatic heterocycles. The number of hydrogen-bond donors (Lipinski definition) is 2. The largest absolute Gasteiger partial charge is 0.493 e. The van der Waals surface area contributed by atoms with Gasteiger partial charge < -0.3 is 20.5 Å². The maximum atomic E-state index is 12.2. The van der Waals surface area contributed by atoms with Crippen LogP contribution in [0.2, 0.25) is 0 Å². The molecule has 2 amide bonds. The molecule has 6 nitrogen and oxygen atoms in total. The monoisotopic (exact) mass is 334 g/mol. The molecule has 0 heterocycles. The molecule has 2 unspecified atom stereocenters. The number of carbonyl (C=O) groups excluding carboxylic acids is 2.